The third kappa shape index (κ3) is 14.7. The van der Waals surface area contributed by atoms with Crippen molar-refractivity contribution in [3.63, 3.8) is 0 Å². The van der Waals surface area contributed by atoms with Gasteiger partial charge in [0.05, 0.1) is 19.3 Å². The molecule has 0 aromatic heterocycles. The molecule has 3 heterocycles. The molecule has 59 heavy (non-hydrogen) atoms. The average molecular weight is 812 g/mol. The lowest BCUT2D eigenvalue weighted by Gasteiger charge is -2.28. The highest BCUT2D eigenvalue weighted by atomic mass is 16.7. The van der Waals surface area contributed by atoms with Gasteiger partial charge in [-0.3, -0.25) is 9.63 Å². The SMILES string of the molecule is C.O=C(O)C(=O)O.O=C(OCc1ccccc1)[C@@H]1CC[C@@H](COCc2ccccc2)CN1.O=C(OCc1ccccc1)[C@@H]1CC[C@@H]2CN1C(=O)N2OCc1ccccc1. The Labute approximate surface area is 344 Å². The molecule has 3 aliphatic rings. The molecule has 3 fully saturated rings. The second-order valence-electron chi connectivity index (χ2n) is 14.0. The van der Waals surface area contributed by atoms with E-state index in [-0.39, 0.29) is 44.1 Å². The molecule has 0 aliphatic carbocycles. The van der Waals surface area contributed by atoms with E-state index in [1.54, 1.807) is 4.90 Å². The van der Waals surface area contributed by atoms with Crippen LogP contribution in [-0.4, -0.2) is 87.9 Å². The van der Waals surface area contributed by atoms with Gasteiger partial charge in [0, 0.05) is 13.1 Å². The van der Waals surface area contributed by atoms with Gasteiger partial charge in [0.25, 0.3) is 0 Å². The number of nitrogens with one attached hydrogen (secondary N) is 1. The maximum Gasteiger partial charge on any atom is 0.414 e. The van der Waals surface area contributed by atoms with Crippen LogP contribution >= 0.6 is 0 Å². The van der Waals surface area contributed by atoms with Gasteiger partial charge < -0.3 is 34.6 Å². The smallest absolute Gasteiger partial charge is 0.414 e. The lowest BCUT2D eigenvalue weighted by atomic mass is 9.95. The molecule has 0 spiro atoms. The fourth-order valence-electron chi connectivity index (χ4n) is 6.59. The van der Waals surface area contributed by atoms with Crippen molar-refractivity contribution in [2.45, 2.75) is 77.7 Å². The van der Waals surface area contributed by atoms with E-state index in [1.165, 1.54) is 10.6 Å². The molecule has 0 unspecified atom stereocenters. The van der Waals surface area contributed by atoms with Crippen LogP contribution in [0.1, 0.15) is 55.4 Å². The molecule has 2 bridgehead atoms. The first-order valence-corrected chi connectivity index (χ1v) is 19.2. The van der Waals surface area contributed by atoms with Crippen LogP contribution in [0.2, 0.25) is 0 Å². The molecule has 14 nitrogen and oxygen atoms in total. The maximum atomic E-state index is 12.7. The zero-order chi connectivity index (χ0) is 41.1. The predicted octanol–water partition coefficient (Wildman–Crippen LogP) is 6.24. The van der Waals surface area contributed by atoms with Gasteiger partial charge in [-0.25, -0.2) is 19.2 Å². The van der Waals surface area contributed by atoms with Crippen LogP contribution in [0.15, 0.2) is 121 Å². The molecule has 0 saturated carbocycles. The van der Waals surface area contributed by atoms with Crippen molar-refractivity contribution in [2.24, 2.45) is 5.92 Å². The highest BCUT2D eigenvalue weighted by Crippen LogP contribution is 2.31. The minimum absolute atomic E-state index is 0. The molecule has 314 valence electrons. The number of rotatable bonds is 13. The number of hydroxylamine groups is 2. The number of piperidine rings is 2. The molecule has 4 atom stereocenters. The van der Waals surface area contributed by atoms with Gasteiger partial charge in [0.15, 0.2) is 0 Å². The summed E-state index contributed by atoms with van der Waals surface area (Å²) in [5.41, 5.74) is 4.13. The first-order valence-electron chi connectivity index (χ1n) is 19.2. The second-order valence-corrected chi connectivity index (χ2v) is 14.0. The summed E-state index contributed by atoms with van der Waals surface area (Å²) in [6.07, 6.45) is 3.09. The normalized spacial score (nSPS) is 19.1. The maximum absolute atomic E-state index is 12.7. The van der Waals surface area contributed by atoms with Crippen LogP contribution < -0.4 is 5.32 Å². The van der Waals surface area contributed by atoms with Crippen molar-refractivity contribution in [2.75, 3.05) is 19.7 Å². The standard InChI is InChI=1S/C21H22N2O4.C21H25NO3.C2H2O4.CH4/c24-20(26-14-16-7-3-1-4-8-16)19-12-11-18-13-22(19)21(25)23(18)27-15-17-9-5-2-6-10-17;23-21(25-16-18-9-5-2-6-10-18)20-12-11-19(13-22-20)15-24-14-17-7-3-1-4-8-17;3-1(4)2(5)6;/h1-10,18-19H,11-15H2;1-10,19-20,22H,11-16H2;(H,3,4)(H,5,6);1H4/t18-,19+;19-,20+;;/m11../s1. The largest absolute Gasteiger partial charge is 0.473 e. The quantitative estimate of drug-likeness (QED) is 0.102. The van der Waals surface area contributed by atoms with E-state index in [0.717, 1.165) is 42.5 Å². The molecule has 3 saturated heterocycles. The fraction of sp³-hybridized carbons (Fsp3) is 0.356. The summed E-state index contributed by atoms with van der Waals surface area (Å²) in [5, 5.41) is 19.5. The first kappa shape index (κ1) is 45.6. The highest BCUT2D eigenvalue weighted by molar-refractivity contribution is 6.27. The van der Waals surface area contributed by atoms with Crippen LogP contribution in [0.5, 0.6) is 0 Å². The number of carbonyl (C=O) groups excluding carboxylic acids is 3. The minimum Gasteiger partial charge on any atom is -0.473 e. The topological polar surface area (TPSA) is 181 Å². The van der Waals surface area contributed by atoms with Crippen LogP contribution in [0, 0.1) is 5.92 Å². The number of amides is 2. The molecular formula is C45H53N3O11. The van der Waals surface area contributed by atoms with Crippen LogP contribution in [0.3, 0.4) is 0 Å². The lowest BCUT2D eigenvalue weighted by Crippen LogP contribution is -2.45. The second kappa shape index (κ2) is 24.0. The fourth-order valence-corrected chi connectivity index (χ4v) is 6.59. The van der Waals surface area contributed by atoms with Crippen molar-refractivity contribution >= 4 is 29.9 Å². The Morgan fingerprint density at radius 3 is 1.56 bits per heavy atom. The zero-order valence-electron chi connectivity index (χ0n) is 32.1. The Kier molecular flexibility index (Phi) is 18.5. The molecule has 3 aliphatic heterocycles. The summed E-state index contributed by atoms with van der Waals surface area (Å²) in [6, 6.07) is 38.2. The number of aliphatic carboxylic acids is 2. The van der Waals surface area contributed by atoms with E-state index in [9.17, 15) is 14.4 Å². The van der Waals surface area contributed by atoms with Gasteiger partial charge >= 0.3 is 29.9 Å². The lowest BCUT2D eigenvalue weighted by molar-refractivity contribution is -0.159. The highest BCUT2D eigenvalue weighted by Gasteiger charge is 2.48. The summed E-state index contributed by atoms with van der Waals surface area (Å²) in [6.45, 7) is 3.53. The zero-order valence-corrected chi connectivity index (χ0v) is 32.1. The number of nitrogens with zero attached hydrogens (tertiary/aromatic N) is 2. The molecule has 2 amide bonds. The molecule has 4 aromatic rings. The Morgan fingerprint density at radius 1 is 0.610 bits per heavy atom. The van der Waals surface area contributed by atoms with Gasteiger partial charge in [0.1, 0.15) is 31.9 Å². The summed E-state index contributed by atoms with van der Waals surface area (Å²) in [4.78, 5) is 62.9. The van der Waals surface area contributed by atoms with E-state index >= 15 is 0 Å². The summed E-state index contributed by atoms with van der Waals surface area (Å²) in [7, 11) is 0. The van der Waals surface area contributed by atoms with E-state index < -0.39 is 18.0 Å². The van der Waals surface area contributed by atoms with Crippen LogP contribution in [0.25, 0.3) is 0 Å². The number of carboxylic acid groups (broad SMARTS) is 2. The third-order valence-corrected chi connectivity index (χ3v) is 9.71. The number of carboxylic acids is 2. The van der Waals surface area contributed by atoms with Crippen LogP contribution in [0.4, 0.5) is 4.79 Å². The summed E-state index contributed by atoms with van der Waals surface area (Å²) < 4.78 is 16.7. The van der Waals surface area contributed by atoms with E-state index in [4.69, 9.17) is 38.9 Å². The third-order valence-electron chi connectivity index (χ3n) is 9.71. The molecule has 7 rings (SSSR count). The molecule has 14 heteroatoms. The number of hydrogen-bond acceptors (Lipinski definition) is 10. The Balaban J connectivity index is 0.000000226. The monoisotopic (exact) mass is 811 g/mol. The summed E-state index contributed by atoms with van der Waals surface area (Å²) >= 11 is 0. The summed E-state index contributed by atoms with van der Waals surface area (Å²) in [5.74, 6) is -3.71. The Morgan fingerprint density at radius 2 is 1.08 bits per heavy atom. The number of fused-ring (bicyclic) bond motifs is 2. The van der Waals surface area contributed by atoms with E-state index in [0.29, 0.717) is 45.3 Å². The molecule has 3 N–H and O–H groups in total. The van der Waals surface area contributed by atoms with Gasteiger partial charge in [0.2, 0.25) is 0 Å². The van der Waals surface area contributed by atoms with Crippen LogP contribution in [-0.2, 0) is 64.7 Å². The number of benzene rings is 4. The number of carbonyl (C=O) groups is 5. The number of ether oxygens (including phenoxy) is 3. The molecular weight excluding hydrogens is 759 g/mol. The van der Waals surface area contributed by atoms with Gasteiger partial charge in [-0.1, -0.05) is 129 Å². The van der Waals surface area contributed by atoms with Gasteiger partial charge in [-0.15, -0.1) is 0 Å². The Bertz CT molecular complexity index is 1880. The first-order chi connectivity index (χ1) is 28.2. The van der Waals surface area contributed by atoms with Gasteiger partial charge in [-0.05, 0) is 53.9 Å². The predicted molar refractivity (Wildman–Crippen MR) is 217 cm³/mol. The number of urea groups is 1. The minimum atomic E-state index is -1.82. The van der Waals surface area contributed by atoms with Gasteiger partial charge in [-0.2, -0.15) is 5.06 Å². The number of hydrogen-bond donors (Lipinski definition) is 3. The van der Waals surface area contributed by atoms with Crippen molar-refractivity contribution in [3.05, 3.63) is 144 Å². The van der Waals surface area contributed by atoms with E-state index in [2.05, 4.69) is 17.4 Å². The van der Waals surface area contributed by atoms with Crippen molar-refractivity contribution in [1.82, 2.24) is 15.3 Å². The van der Waals surface area contributed by atoms with E-state index in [1.807, 2.05) is 109 Å². The van der Waals surface area contributed by atoms with Crippen molar-refractivity contribution in [3.8, 4) is 0 Å². The van der Waals surface area contributed by atoms with Crippen molar-refractivity contribution in [1.29, 1.82) is 0 Å². The molecule has 4 aromatic carbocycles. The van der Waals surface area contributed by atoms with Crippen molar-refractivity contribution < 1.29 is 53.2 Å². The Hall–Kier alpha value is -6.09. The number of esters is 2. The molecule has 0 radical (unpaired) electrons. The average Bonchev–Trinajstić information content (AvgIpc) is 3.50.